The molecule has 14 heavy (non-hydrogen) atoms. The first-order valence-corrected chi connectivity index (χ1v) is 4.95. The summed E-state index contributed by atoms with van der Waals surface area (Å²) < 4.78 is 0.567. The van der Waals surface area contributed by atoms with E-state index in [0.29, 0.717) is 9.90 Å². The zero-order valence-corrected chi connectivity index (χ0v) is 8.71. The molecule has 0 unspecified atom stereocenters. The van der Waals surface area contributed by atoms with Crippen LogP contribution in [-0.2, 0) is 7.05 Å². The van der Waals surface area contributed by atoms with Gasteiger partial charge in [-0.2, -0.15) is 4.80 Å². The molecule has 2 heterocycles. The number of rotatable bonds is 2. The molecule has 0 amide bonds. The molecule has 0 aliphatic rings. The number of ketones is 1. The zero-order valence-electron chi connectivity index (χ0n) is 7.14. The first kappa shape index (κ1) is 9.29. The topological polar surface area (TPSA) is 60.7 Å². The van der Waals surface area contributed by atoms with Gasteiger partial charge in [-0.25, -0.2) is 0 Å². The monoisotopic (exact) mass is 228 g/mol. The summed E-state index contributed by atoms with van der Waals surface area (Å²) in [7, 11) is 1.60. The minimum atomic E-state index is -0.263. The van der Waals surface area contributed by atoms with Gasteiger partial charge in [0.25, 0.3) is 0 Å². The normalized spacial score (nSPS) is 10.4. The number of carbonyl (C=O) groups is 1. The van der Waals surface area contributed by atoms with Gasteiger partial charge in [0, 0.05) is 10.9 Å². The Hall–Kier alpha value is -1.27. The second-order valence-electron chi connectivity index (χ2n) is 2.57. The summed E-state index contributed by atoms with van der Waals surface area (Å²) in [6.07, 6.45) is 0. The van der Waals surface area contributed by atoms with Crippen molar-refractivity contribution >= 4 is 28.7 Å². The lowest BCUT2D eigenvalue weighted by Gasteiger charge is -1.87. The van der Waals surface area contributed by atoms with Gasteiger partial charge in [0.05, 0.1) is 11.4 Å². The highest BCUT2D eigenvalue weighted by Gasteiger charge is 2.15. The van der Waals surface area contributed by atoms with E-state index in [-0.39, 0.29) is 11.6 Å². The number of thiophene rings is 1. The van der Waals surface area contributed by atoms with E-state index in [1.165, 1.54) is 16.1 Å². The lowest BCUT2D eigenvalue weighted by atomic mass is 10.2. The highest BCUT2D eigenvalue weighted by atomic mass is 35.5. The number of hydrogen-bond donors (Lipinski definition) is 0. The number of aromatic nitrogens is 4. The van der Waals surface area contributed by atoms with Crippen molar-refractivity contribution in [3.8, 4) is 0 Å². The van der Waals surface area contributed by atoms with E-state index < -0.39 is 0 Å². The van der Waals surface area contributed by atoms with Crippen LogP contribution in [0.15, 0.2) is 11.4 Å². The largest absolute Gasteiger partial charge is 0.285 e. The molecule has 0 radical (unpaired) electrons. The summed E-state index contributed by atoms with van der Waals surface area (Å²) in [5, 5.41) is 12.7. The molecule has 0 saturated carbocycles. The van der Waals surface area contributed by atoms with Gasteiger partial charge < -0.3 is 0 Å². The first-order chi connectivity index (χ1) is 6.66. The molecule has 0 atom stereocenters. The minimum absolute atomic E-state index is 0.0852. The molecule has 0 N–H and O–H groups in total. The van der Waals surface area contributed by atoms with Crippen molar-refractivity contribution in [2.45, 2.75) is 0 Å². The first-order valence-electron chi connectivity index (χ1n) is 3.69. The van der Waals surface area contributed by atoms with E-state index in [1.54, 1.807) is 18.5 Å². The van der Waals surface area contributed by atoms with Gasteiger partial charge in [-0.1, -0.05) is 11.6 Å². The second kappa shape index (κ2) is 3.47. The smallest absolute Gasteiger partial charge is 0.245 e. The Morgan fingerprint density at radius 3 is 2.93 bits per heavy atom. The van der Waals surface area contributed by atoms with Crippen LogP contribution in [0.4, 0.5) is 0 Å². The average Bonchev–Trinajstić information content (AvgIpc) is 2.73. The number of tetrazole rings is 1. The summed E-state index contributed by atoms with van der Waals surface area (Å²) in [5.41, 5.74) is 0.494. The number of halogens is 1. The van der Waals surface area contributed by atoms with Gasteiger partial charge in [0.2, 0.25) is 11.6 Å². The van der Waals surface area contributed by atoms with Crippen LogP contribution in [-0.4, -0.2) is 26.0 Å². The summed E-state index contributed by atoms with van der Waals surface area (Å²) >= 11 is 7.00. The van der Waals surface area contributed by atoms with Gasteiger partial charge in [0.1, 0.15) is 0 Å². The van der Waals surface area contributed by atoms with Gasteiger partial charge in [-0.15, -0.1) is 21.5 Å². The third-order valence-electron chi connectivity index (χ3n) is 1.54. The maximum Gasteiger partial charge on any atom is 0.245 e. The van der Waals surface area contributed by atoms with Crippen molar-refractivity contribution in [2.75, 3.05) is 0 Å². The molecule has 72 valence electrons. The molecule has 2 aromatic rings. The predicted octanol–water partition coefficient (Wildman–Crippen LogP) is 1.16. The Morgan fingerprint density at radius 2 is 2.43 bits per heavy atom. The van der Waals surface area contributed by atoms with Gasteiger partial charge in [-0.05, 0) is 11.3 Å². The maximum absolute atomic E-state index is 11.6. The number of nitrogens with zero attached hydrogens (tertiary/aromatic N) is 4. The average molecular weight is 229 g/mol. The van der Waals surface area contributed by atoms with E-state index >= 15 is 0 Å². The fourth-order valence-corrected chi connectivity index (χ4v) is 1.79. The van der Waals surface area contributed by atoms with Gasteiger partial charge in [0.15, 0.2) is 0 Å². The van der Waals surface area contributed by atoms with Crippen LogP contribution in [0.25, 0.3) is 0 Å². The van der Waals surface area contributed by atoms with Crippen molar-refractivity contribution in [1.29, 1.82) is 0 Å². The molecular weight excluding hydrogens is 224 g/mol. The second-order valence-corrected chi connectivity index (χ2v) is 4.11. The van der Waals surface area contributed by atoms with Gasteiger partial charge in [-0.3, -0.25) is 4.79 Å². The third kappa shape index (κ3) is 1.66. The quantitative estimate of drug-likeness (QED) is 0.724. The van der Waals surface area contributed by atoms with Crippen LogP contribution in [0.2, 0.25) is 4.34 Å². The van der Waals surface area contributed by atoms with Crippen molar-refractivity contribution < 1.29 is 4.79 Å². The van der Waals surface area contributed by atoms with Crippen LogP contribution in [0.1, 0.15) is 16.2 Å². The van der Waals surface area contributed by atoms with Crippen molar-refractivity contribution in [1.82, 2.24) is 20.2 Å². The zero-order chi connectivity index (χ0) is 10.1. The summed E-state index contributed by atoms with van der Waals surface area (Å²) in [4.78, 5) is 12.9. The molecule has 0 aliphatic heterocycles. The summed E-state index contributed by atoms with van der Waals surface area (Å²) in [5.74, 6) is -0.178. The van der Waals surface area contributed by atoms with Crippen LogP contribution >= 0.6 is 22.9 Å². The van der Waals surface area contributed by atoms with Crippen LogP contribution in [0, 0.1) is 0 Å². The Morgan fingerprint density at radius 1 is 1.64 bits per heavy atom. The number of carbonyl (C=O) groups excluding carboxylic acids is 1. The predicted molar refractivity (Wildman–Crippen MR) is 51.6 cm³/mol. The minimum Gasteiger partial charge on any atom is -0.285 e. The molecule has 2 aromatic heterocycles. The molecule has 0 aliphatic carbocycles. The van der Waals surface area contributed by atoms with Crippen LogP contribution in [0.5, 0.6) is 0 Å². The molecule has 0 fully saturated rings. The SMILES string of the molecule is Cn1nnc(C(=O)c2csc(Cl)c2)n1. The van der Waals surface area contributed by atoms with Crippen molar-refractivity contribution in [3.05, 3.63) is 27.2 Å². The molecule has 0 bridgehead atoms. The maximum atomic E-state index is 11.6. The summed E-state index contributed by atoms with van der Waals surface area (Å²) in [6, 6.07) is 1.59. The fourth-order valence-electron chi connectivity index (χ4n) is 0.933. The lowest BCUT2D eigenvalue weighted by Crippen LogP contribution is -2.03. The van der Waals surface area contributed by atoms with Crippen LogP contribution in [0.3, 0.4) is 0 Å². The molecule has 5 nitrogen and oxygen atoms in total. The number of hydrogen-bond acceptors (Lipinski definition) is 5. The summed E-state index contributed by atoms with van der Waals surface area (Å²) in [6.45, 7) is 0. The van der Waals surface area contributed by atoms with E-state index in [9.17, 15) is 4.79 Å². The van der Waals surface area contributed by atoms with Crippen molar-refractivity contribution in [3.63, 3.8) is 0 Å². The Labute approximate surface area is 88.3 Å². The van der Waals surface area contributed by atoms with E-state index in [0.717, 1.165) is 0 Å². The fraction of sp³-hybridized carbons (Fsp3) is 0.143. The van der Waals surface area contributed by atoms with E-state index in [4.69, 9.17) is 11.6 Å². The molecule has 0 spiro atoms. The Bertz CT molecular complexity index is 435. The van der Waals surface area contributed by atoms with E-state index in [1.807, 2.05) is 0 Å². The standard InChI is InChI=1S/C7H5ClN4OS/c1-12-10-7(9-11-12)6(13)4-2-5(8)14-3-4/h2-3H,1H3. The molecular formula is C7H5ClN4OS. The molecule has 0 aromatic carbocycles. The Balaban J connectivity index is 2.33. The molecule has 0 saturated heterocycles. The highest BCUT2D eigenvalue weighted by molar-refractivity contribution is 7.14. The van der Waals surface area contributed by atoms with E-state index in [2.05, 4.69) is 15.4 Å². The number of aryl methyl sites for hydroxylation is 1. The molecule has 2 rings (SSSR count). The highest BCUT2D eigenvalue weighted by Crippen LogP contribution is 2.21. The van der Waals surface area contributed by atoms with Gasteiger partial charge >= 0.3 is 0 Å². The van der Waals surface area contributed by atoms with Crippen molar-refractivity contribution in [2.24, 2.45) is 7.05 Å². The Kier molecular flexibility index (Phi) is 2.30. The third-order valence-corrected chi connectivity index (χ3v) is 2.63. The lowest BCUT2D eigenvalue weighted by molar-refractivity contribution is 0.102. The molecule has 7 heteroatoms. The van der Waals surface area contributed by atoms with Crippen LogP contribution < -0.4 is 0 Å².